The first-order valence-corrected chi connectivity index (χ1v) is 38.8. The highest BCUT2D eigenvalue weighted by Crippen LogP contribution is 2.45. The Morgan fingerprint density at radius 3 is 0.978 bits per heavy atom. The molecule has 0 aliphatic rings. The second-order valence-corrected chi connectivity index (χ2v) is 26.7. The van der Waals surface area contributed by atoms with Gasteiger partial charge in [0.1, 0.15) is 19.3 Å². The van der Waals surface area contributed by atoms with Crippen LogP contribution < -0.4 is 0 Å². The van der Waals surface area contributed by atoms with Crippen LogP contribution >= 0.6 is 15.6 Å². The van der Waals surface area contributed by atoms with E-state index in [0.717, 1.165) is 154 Å². The van der Waals surface area contributed by atoms with Crippen LogP contribution in [0.1, 0.15) is 297 Å². The van der Waals surface area contributed by atoms with Gasteiger partial charge in [-0.1, -0.05) is 248 Å². The number of unbranched alkanes of at least 4 members (excludes halogenated alkanes) is 27. The Balaban J connectivity index is 5.35. The van der Waals surface area contributed by atoms with Crippen LogP contribution in [0.25, 0.3) is 0 Å². The molecule has 0 aromatic rings. The van der Waals surface area contributed by atoms with Gasteiger partial charge in [0, 0.05) is 25.7 Å². The van der Waals surface area contributed by atoms with Gasteiger partial charge in [-0.25, -0.2) is 9.13 Å². The SMILES string of the molecule is CC/C=C\C/C=C\C/C=C\C/C=C\CCCCC(=O)OCC(COP(=O)(O)OCC(O)COP(=O)(O)OCC(COC(=O)CCCCCCC/C=C\C/C=C\CCC)OC(=O)CCCCCCCCCCCCCCC)OC(=O)CCCCCCC/C=C\CCCC. The van der Waals surface area contributed by atoms with Crippen LogP contribution in [0.2, 0.25) is 0 Å². The molecule has 0 bridgehead atoms. The van der Waals surface area contributed by atoms with E-state index in [1.807, 2.05) is 0 Å². The van der Waals surface area contributed by atoms with Crippen molar-refractivity contribution in [3.05, 3.63) is 85.1 Å². The van der Waals surface area contributed by atoms with Crippen LogP contribution in [-0.4, -0.2) is 96.7 Å². The van der Waals surface area contributed by atoms with Gasteiger partial charge in [-0.15, -0.1) is 0 Å². The zero-order valence-electron chi connectivity index (χ0n) is 57.7. The van der Waals surface area contributed by atoms with Crippen molar-refractivity contribution in [2.24, 2.45) is 0 Å². The molecule has 5 unspecified atom stereocenters. The summed E-state index contributed by atoms with van der Waals surface area (Å²) in [5.41, 5.74) is 0. The molecule has 92 heavy (non-hydrogen) atoms. The zero-order valence-corrected chi connectivity index (χ0v) is 59.5. The molecular formula is C73H128O17P2. The van der Waals surface area contributed by atoms with Crippen LogP contribution in [-0.2, 0) is 65.4 Å². The summed E-state index contributed by atoms with van der Waals surface area (Å²) in [6.07, 6.45) is 64.6. The number of aliphatic hydroxyl groups excluding tert-OH is 1. The van der Waals surface area contributed by atoms with E-state index in [1.165, 1.54) is 64.2 Å². The van der Waals surface area contributed by atoms with Crippen molar-refractivity contribution in [1.82, 2.24) is 0 Å². The largest absolute Gasteiger partial charge is 0.472 e. The first-order chi connectivity index (χ1) is 44.7. The molecular weight excluding hydrogens is 1210 g/mol. The van der Waals surface area contributed by atoms with Crippen molar-refractivity contribution in [2.75, 3.05) is 39.6 Å². The molecule has 0 radical (unpaired) electrons. The van der Waals surface area contributed by atoms with Crippen LogP contribution in [0.3, 0.4) is 0 Å². The van der Waals surface area contributed by atoms with Crippen LogP contribution in [0.5, 0.6) is 0 Å². The number of phosphoric acid groups is 2. The number of aliphatic hydroxyl groups is 1. The van der Waals surface area contributed by atoms with Gasteiger partial charge < -0.3 is 33.8 Å². The summed E-state index contributed by atoms with van der Waals surface area (Å²) in [4.78, 5) is 72.5. The highest BCUT2D eigenvalue weighted by atomic mass is 31.2. The molecule has 0 aliphatic heterocycles. The molecule has 0 amide bonds. The normalized spacial score (nSPS) is 14.6. The summed E-state index contributed by atoms with van der Waals surface area (Å²) in [6, 6.07) is 0. The lowest BCUT2D eigenvalue weighted by Crippen LogP contribution is -2.30. The number of ether oxygens (including phenoxy) is 4. The molecule has 0 saturated heterocycles. The molecule has 0 aromatic carbocycles. The molecule has 0 aromatic heterocycles. The van der Waals surface area contributed by atoms with Gasteiger partial charge in [0.05, 0.1) is 26.4 Å². The summed E-state index contributed by atoms with van der Waals surface area (Å²) in [7, 11) is -9.94. The molecule has 0 spiro atoms. The second-order valence-electron chi connectivity index (χ2n) is 23.8. The lowest BCUT2D eigenvalue weighted by molar-refractivity contribution is -0.161. The molecule has 0 heterocycles. The summed E-state index contributed by atoms with van der Waals surface area (Å²) < 4.78 is 68.2. The van der Waals surface area contributed by atoms with E-state index in [1.54, 1.807) is 0 Å². The lowest BCUT2D eigenvalue weighted by Gasteiger charge is -2.21. The molecule has 3 N–H and O–H groups in total. The highest BCUT2D eigenvalue weighted by molar-refractivity contribution is 7.47. The molecule has 5 atom stereocenters. The van der Waals surface area contributed by atoms with Crippen LogP contribution in [0.4, 0.5) is 0 Å². The third kappa shape index (κ3) is 64.9. The molecule has 17 nitrogen and oxygen atoms in total. The highest BCUT2D eigenvalue weighted by Gasteiger charge is 2.30. The Hall–Kier alpha value is -3.76. The van der Waals surface area contributed by atoms with Gasteiger partial charge in [-0.2, -0.15) is 0 Å². The minimum atomic E-state index is -4.97. The maximum atomic E-state index is 13.0. The van der Waals surface area contributed by atoms with Crippen molar-refractivity contribution >= 4 is 39.5 Å². The van der Waals surface area contributed by atoms with E-state index in [-0.39, 0.29) is 25.7 Å². The third-order valence-corrected chi connectivity index (χ3v) is 16.7. The first kappa shape index (κ1) is 88.2. The number of carbonyl (C=O) groups is 4. The van der Waals surface area contributed by atoms with E-state index in [4.69, 9.17) is 37.0 Å². The van der Waals surface area contributed by atoms with Crippen molar-refractivity contribution in [1.29, 1.82) is 0 Å². The van der Waals surface area contributed by atoms with E-state index >= 15 is 0 Å². The lowest BCUT2D eigenvalue weighted by atomic mass is 10.0. The molecule has 0 rings (SSSR count). The Morgan fingerprint density at radius 1 is 0.315 bits per heavy atom. The van der Waals surface area contributed by atoms with Crippen LogP contribution in [0, 0.1) is 0 Å². The van der Waals surface area contributed by atoms with Crippen molar-refractivity contribution < 1.29 is 80.2 Å². The Labute approximate surface area is 557 Å². The summed E-state index contributed by atoms with van der Waals surface area (Å²) >= 11 is 0. The molecule has 0 aliphatic carbocycles. The van der Waals surface area contributed by atoms with Gasteiger partial charge in [0.15, 0.2) is 12.2 Å². The number of hydrogen-bond acceptors (Lipinski definition) is 15. The average molecular weight is 1340 g/mol. The van der Waals surface area contributed by atoms with E-state index in [9.17, 15) is 43.2 Å². The topological polar surface area (TPSA) is 237 Å². The molecule has 19 heteroatoms. The number of hydrogen-bond donors (Lipinski definition) is 3. The first-order valence-electron chi connectivity index (χ1n) is 35.8. The Morgan fingerprint density at radius 2 is 0.598 bits per heavy atom. The van der Waals surface area contributed by atoms with Gasteiger partial charge in [-0.05, 0) is 109 Å². The maximum Gasteiger partial charge on any atom is 0.472 e. The Bertz CT molecular complexity index is 2090. The smallest absolute Gasteiger partial charge is 0.462 e. The summed E-state index contributed by atoms with van der Waals surface area (Å²) in [5.74, 6) is -2.24. The van der Waals surface area contributed by atoms with Crippen molar-refractivity contribution in [3.63, 3.8) is 0 Å². The number of phosphoric ester groups is 2. The van der Waals surface area contributed by atoms with Gasteiger partial charge in [0.2, 0.25) is 0 Å². The third-order valence-electron chi connectivity index (χ3n) is 14.8. The fraction of sp³-hybridized carbons (Fsp3) is 0.753. The van der Waals surface area contributed by atoms with Crippen molar-refractivity contribution in [2.45, 2.75) is 316 Å². The standard InChI is InChI=1S/C73H128O17P2/c1-5-9-13-17-21-25-29-32-33-36-39-42-46-50-54-58-71(76)84-63-68(89-72(77)59-55-51-47-43-37-28-24-20-16-12-8-4)65-87-91(79,80)85-61-67(74)62-86-92(81,82)88-66-69(90-73(78)60-56-52-48-44-40-35-31-27-23-19-15-11-7-3)64-83-70(75)57-53-49-45-41-38-34-30-26-22-18-14-10-6-2/h9,13-14,18,20-21,24-26,30,32-33,39,42,67-69,74H,5-8,10-12,15-17,19,22-23,27-29,31,34-38,40-41,43-66H2,1-4H3,(H,79,80)(H,81,82)/b13-9-,18-14-,24-20-,25-21-,30-26-,33-32-,42-39-. The van der Waals surface area contributed by atoms with Crippen molar-refractivity contribution in [3.8, 4) is 0 Å². The molecule has 0 saturated carbocycles. The van der Waals surface area contributed by atoms with Crippen LogP contribution in [0.15, 0.2) is 85.1 Å². The molecule has 532 valence electrons. The number of allylic oxidation sites excluding steroid dienone is 14. The quantitative estimate of drug-likeness (QED) is 0.0169. The minimum Gasteiger partial charge on any atom is -0.462 e. The predicted molar refractivity (Wildman–Crippen MR) is 372 cm³/mol. The van der Waals surface area contributed by atoms with E-state index in [2.05, 4.69) is 113 Å². The fourth-order valence-electron chi connectivity index (χ4n) is 9.35. The van der Waals surface area contributed by atoms with E-state index in [0.29, 0.717) is 25.7 Å². The second kappa shape index (κ2) is 65.9. The summed E-state index contributed by atoms with van der Waals surface area (Å²) in [5, 5.41) is 10.6. The summed E-state index contributed by atoms with van der Waals surface area (Å²) in [6.45, 7) is 4.58. The van der Waals surface area contributed by atoms with Gasteiger partial charge in [0.25, 0.3) is 0 Å². The van der Waals surface area contributed by atoms with E-state index < -0.39 is 97.5 Å². The Kier molecular flexibility index (Phi) is 63.2. The van der Waals surface area contributed by atoms with Gasteiger partial charge >= 0.3 is 39.5 Å². The number of rotatable bonds is 67. The maximum absolute atomic E-state index is 13.0. The number of carbonyl (C=O) groups excluding carboxylic acids is 4. The molecule has 0 fully saturated rings. The minimum absolute atomic E-state index is 0.0759. The monoisotopic (exact) mass is 1340 g/mol. The fourth-order valence-corrected chi connectivity index (χ4v) is 10.9. The zero-order chi connectivity index (χ0) is 67.5. The van der Waals surface area contributed by atoms with Gasteiger partial charge in [-0.3, -0.25) is 37.3 Å². The predicted octanol–water partition coefficient (Wildman–Crippen LogP) is 19.9. The number of esters is 4. The average Bonchev–Trinajstić information content (AvgIpc) is 2.24.